The van der Waals surface area contributed by atoms with E-state index in [4.69, 9.17) is 0 Å². The predicted octanol–water partition coefficient (Wildman–Crippen LogP) is 3.05. The Morgan fingerprint density at radius 1 is 1.00 bits per heavy atom. The molecule has 1 N–H and O–H groups in total. The third kappa shape index (κ3) is 2.18. The van der Waals surface area contributed by atoms with Crippen LogP contribution < -0.4 is 0 Å². The summed E-state index contributed by atoms with van der Waals surface area (Å²) >= 11 is 0. The van der Waals surface area contributed by atoms with E-state index in [0.29, 0.717) is 16.6 Å². The van der Waals surface area contributed by atoms with Crippen molar-refractivity contribution >= 4 is 22.3 Å². The summed E-state index contributed by atoms with van der Waals surface area (Å²) in [5.41, 5.74) is 1.16. The molecule has 8 heteroatoms. The molecule has 104 valence electrons. The summed E-state index contributed by atoms with van der Waals surface area (Å²) in [4.78, 5) is 27.5. The van der Waals surface area contributed by atoms with Gasteiger partial charge in [0.15, 0.2) is 0 Å². The van der Waals surface area contributed by atoms with Crippen LogP contribution in [-0.2, 0) is 0 Å². The van der Waals surface area contributed by atoms with E-state index in [9.17, 15) is 20.2 Å². The minimum atomic E-state index is -0.653. The number of aromatic nitrogens is 2. The van der Waals surface area contributed by atoms with Crippen LogP contribution in [0.1, 0.15) is 0 Å². The second-order valence-electron chi connectivity index (χ2n) is 4.36. The van der Waals surface area contributed by atoms with Crippen molar-refractivity contribution in [1.82, 2.24) is 9.97 Å². The zero-order valence-electron chi connectivity index (χ0n) is 10.5. The number of hydrogen-bond acceptors (Lipinski definition) is 5. The first-order valence-electron chi connectivity index (χ1n) is 5.92. The van der Waals surface area contributed by atoms with Gasteiger partial charge < -0.3 is 4.98 Å². The van der Waals surface area contributed by atoms with Gasteiger partial charge in [0, 0.05) is 29.7 Å². The van der Waals surface area contributed by atoms with E-state index in [1.54, 1.807) is 30.6 Å². The van der Waals surface area contributed by atoms with Crippen molar-refractivity contribution in [1.29, 1.82) is 0 Å². The molecule has 2 heterocycles. The first-order chi connectivity index (χ1) is 10.1. The van der Waals surface area contributed by atoms with Crippen LogP contribution in [0.15, 0.2) is 42.7 Å². The highest BCUT2D eigenvalue weighted by atomic mass is 16.6. The van der Waals surface area contributed by atoms with Crippen molar-refractivity contribution in [3.63, 3.8) is 0 Å². The van der Waals surface area contributed by atoms with Crippen LogP contribution in [0.25, 0.3) is 22.2 Å². The number of non-ortho nitro benzene ring substituents is 2. The molecule has 3 aromatic rings. The highest BCUT2D eigenvalue weighted by molar-refractivity contribution is 5.94. The Bertz CT molecular complexity index is 857. The number of nitrogens with one attached hydrogen (secondary N) is 1. The topological polar surface area (TPSA) is 115 Å². The van der Waals surface area contributed by atoms with Gasteiger partial charge in [-0.05, 0) is 18.2 Å². The van der Waals surface area contributed by atoms with Gasteiger partial charge in [-0.25, -0.2) is 0 Å². The van der Waals surface area contributed by atoms with Crippen LogP contribution in [0.3, 0.4) is 0 Å². The monoisotopic (exact) mass is 284 g/mol. The fourth-order valence-corrected chi connectivity index (χ4v) is 2.15. The Kier molecular flexibility index (Phi) is 2.83. The Morgan fingerprint density at radius 3 is 2.33 bits per heavy atom. The minimum absolute atomic E-state index is 0.296. The third-order valence-corrected chi connectivity index (χ3v) is 3.10. The lowest BCUT2D eigenvalue weighted by atomic mass is 10.1. The van der Waals surface area contributed by atoms with E-state index >= 15 is 0 Å². The van der Waals surface area contributed by atoms with E-state index in [2.05, 4.69) is 9.97 Å². The molecule has 0 fully saturated rings. The van der Waals surface area contributed by atoms with Crippen molar-refractivity contribution in [2.75, 3.05) is 0 Å². The van der Waals surface area contributed by atoms with Gasteiger partial charge in [-0.2, -0.15) is 0 Å². The maximum absolute atomic E-state index is 11.1. The molecule has 0 saturated carbocycles. The number of benzene rings is 1. The molecular formula is C13H8N4O4. The van der Waals surface area contributed by atoms with Crippen LogP contribution in [0.5, 0.6) is 0 Å². The largest absolute Gasteiger partial charge is 0.354 e. The maximum Gasteiger partial charge on any atom is 0.285 e. The highest BCUT2D eigenvalue weighted by Gasteiger charge is 2.21. The number of nitrogens with zero attached hydrogens (tertiary/aromatic N) is 3. The summed E-state index contributed by atoms with van der Waals surface area (Å²) in [5.74, 6) is 0. The molecule has 0 aliphatic carbocycles. The molecule has 0 radical (unpaired) electrons. The van der Waals surface area contributed by atoms with E-state index in [-0.39, 0.29) is 11.4 Å². The molecule has 3 rings (SSSR count). The smallest absolute Gasteiger partial charge is 0.285 e. The molecule has 0 atom stereocenters. The number of H-pyrrole nitrogens is 1. The molecule has 0 bridgehead atoms. The molecule has 2 aromatic heterocycles. The zero-order valence-corrected chi connectivity index (χ0v) is 10.5. The van der Waals surface area contributed by atoms with Crippen molar-refractivity contribution in [2.24, 2.45) is 0 Å². The fraction of sp³-hybridized carbons (Fsp3) is 0. The number of aromatic amines is 1. The quantitative estimate of drug-likeness (QED) is 0.586. The number of fused-ring (bicyclic) bond motifs is 1. The number of hydrogen-bond donors (Lipinski definition) is 1. The molecular weight excluding hydrogens is 276 g/mol. The van der Waals surface area contributed by atoms with Crippen molar-refractivity contribution in [3.8, 4) is 11.3 Å². The molecule has 0 unspecified atom stereocenters. The van der Waals surface area contributed by atoms with Crippen molar-refractivity contribution < 1.29 is 9.85 Å². The van der Waals surface area contributed by atoms with Gasteiger partial charge in [0.25, 0.3) is 11.4 Å². The predicted molar refractivity (Wildman–Crippen MR) is 74.8 cm³/mol. The standard InChI is InChI=1S/C13H8N4O4/c18-16(19)9-5-12-10(13(6-9)17(20)21)7-11(15-12)8-1-3-14-4-2-8/h1-7,15H. The Morgan fingerprint density at radius 2 is 1.71 bits per heavy atom. The molecule has 0 spiro atoms. The molecule has 8 nitrogen and oxygen atoms in total. The summed E-state index contributed by atoms with van der Waals surface area (Å²) in [7, 11) is 0. The Balaban J connectivity index is 2.27. The molecule has 0 saturated heterocycles. The van der Waals surface area contributed by atoms with Gasteiger partial charge in [0.05, 0.1) is 26.8 Å². The number of pyridine rings is 1. The summed E-state index contributed by atoms with van der Waals surface area (Å²) in [6.45, 7) is 0. The minimum Gasteiger partial charge on any atom is -0.354 e. The lowest BCUT2D eigenvalue weighted by Crippen LogP contribution is -1.93. The normalized spacial score (nSPS) is 10.7. The number of nitro benzene ring substituents is 2. The van der Waals surface area contributed by atoms with Gasteiger partial charge in [-0.15, -0.1) is 0 Å². The molecule has 0 amide bonds. The second-order valence-corrected chi connectivity index (χ2v) is 4.36. The molecule has 0 aliphatic heterocycles. The third-order valence-electron chi connectivity index (χ3n) is 3.10. The first-order valence-corrected chi connectivity index (χ1v) is 5.92. The zero-order chi connectivity index (χ0) is 15.0. The SMILES string of the molecule is O=[N+]([O-])c1cc([N+](=O)[O-])c2cc(-c3ccncc3)[nH]c2c1. The van der Waals surface area contributed by atoms with E-state index in [1.807, 2.05) is 0 Å². The van der Waals surface area contributed by atoms with Crippen LogP contribution in [0.4, 0.5) is 11.4 Å². The molecule has 1 aromatic carbocycles. The summed E-state index contributed by atoms with van der Waals surface area (Å²) in [6.07, 6.45) is 3.19. The first kappa shape index (κ1) is 12.7. The van der Waals surface area contributed by atoms with Gasteiger partial charge in [0.1, 0.15) is 0 Å². The average Bonchev–Trinajstić information content (AvgIpc) is 2.90. The summed E-state index contributed by atoms with van der Waals surface area (Å²) in [6, 6.07) is 7.34. The highest BCUT2D eigenvalue weighted by Crippen LogP contribution is 2.33. The summed E-state index contributed by atoms with van der Waals surface area (Å²) in [5, 5.41) is 22.3. The fourth-order valence-electron chi connectivity index (χ4n) is 2.15. The van der Waals surface area contributed by atoms with E-state index in [1.165, 1.54) is 6.07 Å². The van der Waals surface area contributed by atoms with Crippen molar-refractivity contribution in [2.45, 2.75) is 0 Å². The van der Waals surface area contributed by atoms with Crippen LogP contribution >= 0.6 is 0 Å². The van der Waals surface area contributed by atoms with Crippen molar-refractivity contribution in [3.05, 3.63) is 63.0 Å². The lowest BCUT2D eigenvalue weighted by Gasteiger charge is -1.95. The number of rotatable bonds is 3. The Hall–Kier alpha value is -3.29. The maximum atomic E-state index is 11.1. The molecule has 21 heavy (non-hydrogen) atoms. The van der Waals surface area contributed by atoms with Crippen LogP contribution in [0.2, 0.25) is 0 Å². The van der Waals surface area contributed by atoms with Gasteiger partial charge in [0.2, 0.25) is 0 Å². The summed E-state index contributed by atoms with van der Waals surface area (Å²) < 4.78 is 0. The Labute approximate surface area is 117 Å². The van der Waals surface area contributed by atoms with Crippen LogP contribution in [-0.4, -0.2) is 19.8 Å². The van der Waals surface area contributed by atoms with E-state index < -0.39 is 9.85 Å². The van der Waals surface area contributed by atoms with Gasteiger partial charge in [-0.3, -0.25) is 25.2 Å². The van der Waals surface area contributed by atoms with E-state index in [0.717, 1.165) is 11.6 Å². The lowest BCUT2D eigenvalue weighted by molar-refractivity contribution is -0.393. The molecule has 0 aliphatic rings. The second kappa shape index (κ2) is 4.67. The van der Waals surface area contributed by atoms with Gasteiger partial charge >= 0.3 is 0 Å². The number of nitro groups is 2. The van der Waals surface area contributed by atoms with Crippen LogP contribution in [0, 0.1) is 20.2 Å². The van der Waals surface area contributed by atoms with Gasteiger partial charge in [-0.1, -0.05) is 0 Å². The average molecular weight is 284 g/mol.